The van der Waals surface area contributed by atoms with Crippen molar-refractivity contribution >= 4 is 5.91 Å². The van der Waals surface area contributed by atoms with E-state index in [2.05, 4.69) is 10.3 Å². The Bertz CT molecular complexity index is 558. The SMILES string of the molecule is O=C(NCCCn1cccc1)c1ccc[nH]c1=O. The highest BCUT2D eigenvalue weighted by Gasteiger charge is 2.07. The number of pyridine rings is 1. The first-order chi connectivity index (χ1) is 8.77. The van der Waals surface area contributed by atoms with Crippen molar-refractivity contribution in [3.63, 3.8) is 0 Å². The maximum atomic E-state index is 11.7. The number of hydrogen-bond acceptors (Lipinski definition) is 2. The summed E-state index contributed by atoms with van der Waals surface area (Å²) in [5, 5.41) is 2.73. The smallest absolute Gasteiger partial charge is 0.260 e. The van der Waals surface area contributed by atoms with E-state index in [1.165, 1.54) is 12.3 Å². The number of nitrogens with zero attached hydrogens (tertiary/aromatic N) is 1. The molecular weight excluding hydrogens is 230 g/mol. The molecule has 0 atom stereocenters. The fourth-order valence-electron chi connectivity index (χ4n) is 1.68. The second-order valence-corrected chi connectivity index (χ2v) is 3.94. The van der Waals surface area contributed by atoms with E-state index in [-0.39, 0.29) is 17.0 Å². The second kappa shape index (κ2) is 5.86. The van der Waals surface area contributed by atoms with Crippen LogP contribution in [-0.4, -0.2) is 22.0 Å². The van der Waals surface area contributed by atoms with Gasteiger partial charge in [-0.3, -0.25) is 9.59 Å². The summed E-state index contributed by atoms with van der Waals surface area (Å²) in [5.41, 5.74) is -0.209. The predicted molar refractivity (Wildman–Crippen MR) is 68.4 cm³/mol. The molecule has 2 aromatic rings. The van der Waals surface area contributed by atoms with Crippen molar-refractivity contribution in [3.8, 4) is 0 Å². The Hall–Kier alpha value is -2.30. The number of amides is 1. The van der Waals surface area contributed by atoms with Crippen molar-refractivity contribution < 1.29 is 4.79 Å². The highest BCUT2D eigenvalue weighted by molar-refractivity contribution is 5.93. The quantitative estimate of drug-likeness (QED) is 0.772. The zero-order chi connectivity index (χ0) is 12.8. The molecule has 0 aliphatic rings. The fourth-order valence-corrected chi connectivity index (χ4v) is 1.68. The molecule has 0 saturated carbocycles. The van der Waals surface area contributed by atoms with Gasteiger partial charge in [-0.05, 0) is 30.7 Å². The third kappa shape index (κ3) is 3.10. The Morgan fingerprint density at radius 1 is 1.28 bits per heavy atom. The maximum absolute atomic E-state index is 11.7. The minimum Gasteiger partial charge on any atom is -0.354 e. The molecule has 94 valence electrons. The number of H-pyrrole nitrogens is 1. The molecule has 2 aromatic heterocycles. The van der Waals surface area contributed by atoms with Crippen LogP contribution in [0.25, 0.3) is 0 Å². The molecule has 0 aliphatic carbocycles. The van der Waals surface area contributed by atoms with Crippen LogP contribution in [0.1, 0.15) is 16.8 Å². The number of aryl methyl sites for hydroxylation is 1. The average Bonchev–Trinajstić information content (AvgIpc) is 2.88. The van der Waals surface area contributed by atoms with Crippen LogP contribution in [0.5, 0.6) is 0 Å². The molecule has 5 nitrogen and oxygen atoms in total. The van der Waals surface area contributed by atoms with Crippen molar-refractivity contribution in [3.05, 3.63) is 58.8 Å². The number of nitrogens with one attached hydrogen (secondary N) is 2. The number of hydrogen-bond donors (Lipinski definition) is 2. The summed E-state index contributed by atoms with van der Waals surface area (Å²) in [4.78, 5) is 25.5. The van der Waals surface area contributed by atoms with E-state index < -0.39 is 0 Å². The number of aromatic amines is 1. The van der Waals surface area contributed by atoms with Gasteiger partial charge in [-0.2, -0.15) is 0 Å². The molecule has 0 fully saturated rings. The Kier molecular flexibility index (Phi) is 3.96. The lowest BCUT2D eigenvalue weighted by Gasteiger charge is -2.05. The van der Waals surface area contributed by atoms with Crippen molar-refractivity contribution in [2.24, 2.45) is 0 Å². The first kappa shape index (κ1) is 12.2. The van der Waals surface area contributed by atoms with E-state index in [9.17, 15) is 9.59 Å². The fraction of sp³-hybridized carbons (Fsp3) is 0.231. The lowest BCUT2D eigenvalue weighted by molar-refractivity contribution is 0.0951. The topological polar surface area (TPSA) is 66.9 Å². The molecule has 0 saturated heterocycles. The summed E-state index contributed by atoms with van der Waals surface area (Å²) in [6.45, 7) is 1.39. The van der Waals surface area contributed by atoms with Gasteiger partial charge in [0.05, 0.1) is 0 Å². The van der Waals surface area contributed by atoms with Gasteiger partial charge in [-0.1, -0.05) is 0 Å². The molecule has 18 heavy (non-hydrogen) atoms. The molecular formula is C13H15N3O2. The first-order valence-electron chi connectivity index (χ1n) is 5.84. The van der Waals surface area contributed by atoms with E-state index in [0.717, 1.165) is 13.0 Å². The summed E-state index contributed by atoms with van der Waals surface area (Å²) >= 11 is 0. The number of rotatable bonds is 5. The Morgan fingerprint density at radius 2 is 2.06 bits per heavy atom. The van der Waals surface area contributed by atoms with Gasteiger partial charge in [0.2, 0.25) is 0 Å². The van der Waals surface area contributed by atoms with Gasteiger partial charge in [0.1, 0.15) is 5.56 Å². The van der Waals surface area contributed by atoms with Gasteiger partial charge in [0.25, 0.3) is 11.5 Å². The predicted octanol–water partition coefficient (Wildman–Crippen LogP) is 0.996. The van der Waals surface area contributed by atoms with E-state index in [1.807, 2.05) is 29.1 Å². The standard InChI is InChI=1S/C13H15N3O2/c17-12-11(5-3-6-14-12)13(18)15-7-4-10-16-8-1-2-9-16/h1-3,5-6,8-9H,4,7,10H2,(H,14,17)(H,15,18). The summed E-state index contributed by atoms with van der Waals surface area (Å²) in [7, 11) is 0. The van der Waals surface area contributed by atoms with Crippen LogP contribution in [-0.2, 0) is 6.54 Å². The molecule has 0 aliphatic heterocycles. The molecule has 0 spiro atoms. The van der Waals surface area contributed by atoms with Crippen LogP contribution in [0.4, 0.5) is 0 Å². The van der Waals surface area contributed by atoms with Gasteiger partial charge < -0.3 is 14.9 Å². The van der Waals surface area contributed by atoms with Gasteiger partial charge in [-0.25, -0.2) is 0 Å². The largest absolute Gasteiger partial charge is 0.354 e. The van der Waals surface area contributed by atoms with Crippen LogP contribution in [0, 0.1) is 0 Å². The molecule has 2 heterocycles. The van der Waals surface area contributed by atoms with E-state index in [0.29, 0.717) is 6.54 Å². The average molecular weight is 245 g/mol. The van der Waals surface area contributed by atoms with Crippen LogP contribution < -0.4 is 10.9 Å². The zero-order valence-electron chi connectivity index (χ0n) is 9.93. The van der Waals surface area contributed by atoms with Gasteiger partial charge in [0.15, 0.2) is 0 Å². The monoisotopic (exact) mass is 245 g/mol. The molecule has 2 rings (SSSR count). The van der Waals surface area contributed by atoms with Crippen molar-refractivity contribution in [2.45, 2.75) is 13.0 Å². The third-order valence-electron chi connectivity index (χ3n) is 2.61. The van der Waals surface area contributed by atoms with E-state index in [1.54, 1.807) is 6.07 Å². The lowest BCUT2D eigenvalue weighted by atomic mass is 10.2. The molecule has 0 aromatic carbocycles. The molecule has 5 heteroatoms. The lowest BCUT2D eigenvalue weighted by Crippen LogP contribution is -2.30. The molecule has 0 unspecified atom stereocenters. The molecule has 1 amide bonds. The van der Waals surface area contributed by atoms with E-state index >= 15 is 0 Å². The third-order valence-corrected chi connectivity index (χ3v) is 2.61. The van der Waals surface area contributed by atoms with Gasteiger partial charge in [-0.15, -0.1) is 0 Å². The maximum Gasteiger partial charge on any atom is 0.260 e. The van der Waals surface area contributed by atoms with Crippen molar-refractivity contribution in [1.29, 1.82) is 0 Å². The Labute approximate surface area is 104 Å². The molecule has 0 bridgehead atoms. The number of carbonyl (C=O) groups is 1. The number of carbonyl (C=O) groups excluding carboxylic acids is 1. The van der Waals surface area contributed by atoms with Crippen molar-refractivity contribution in [2.75, 3.05) is 6.54 Å². The van der Waals surface area contributed by atoms with Crippen LogP contribution in [0.3, 0.4) is 0 Å². The van der Waals surface area contributed by atoms with Gasteiger partial charge >= 0.3 is 0 Å². The van der Waals surface area contributed by atoms with Crippen LogP contribution in [0.2, 0.25) is 0 Å². The van der Waals surface area contributed by atoms with E-state index in [4.69, 9.17) is 0 Å². The second-order valence-electron chi connectivity index (χ2n) is 3.94. The van der Waals surface area contributed by atoms with Crippen LogP contribution in [0.15, 0.2) is 47.7 Å². The summed E-state index contributed by atoms with van der Waals surface area (Å²) in [6.07, 6.45) is 6.28. The highest BCUT2D eigenvalue weighted by atomic mass is 16.2. The highest BCUT2D eigenvalue weighted by Crippen LogP contribution is 1.93. The van der Waals surface area contributed by atoms with Crippen molar-refractivity contribution in [1.82, 2.24) is 14.9 Å². The zero-order valence-corrected chi connectivity index (χ0v) is 9.93. The summed E-state index contributed by atoms with van der Waals surface area (Å²) in [5.74, 6) is -0.329. The molecule has 0 radical (unpaired) electrons. The minimum absolute atomic E-state index is 0.151. The Balaban J connectivity index is 1.79. The Morgan fingerprint density at radius 3 is 2.78 bits per heavy atom. The van der Waals surface area contributed by atoms with Gasteiger partial charge in [0, 0.05) is 31.7 Å². The summed E-state index contributed by atoms with van der Waals surface area (Å²) in [6, 6.07) is 7.07. The van der Waals surface area contributed by atoms with Crippen LogP contribution >= 0.6 is 0 Å². The molecule has 2 N–H and O–H groups in total. The first-order valence-corrected chi connectivity index (χ1v) is 5.84. The normalized spacial score (nSPS) is 10.2. The number of aromatic nitrogens is 2. The summed E-state index contributed by atoms with van der Waals surface area (Å²) < 4.78 is 2.04. The minimum atomic E-state index is -0.361.